The number of carbonyl (C=O) groups excluding carboxylic acids is 1. The summed E-state index contributed by atoms with van der Waals surface area (Å²) in [5.41, 5.74) is -0.905. The molecule has 0 atom stereocenters. The molecular weight excluding hydrogens is 434 g/mol. The molecule has 0 N–H and O–H groups in total. The molecule has 0 fully saturated rings. The van der Waals surface area contributed by atoms with Crippen molar-refractivity contribution in [2.75, 3.05) is 0 Å². The first-order valence-electron chi connectivity index (χ1n) is 8.32. The molecule has 30 heavy (non-hydrogen) atoms. The van der Waals surface area contributed by atoms with Crippen LogP contribution < -0.4 is 4.74 Å². The lowest BCUT2D eigenvalue weighted by molar-refractivity contribution is -0.142. The highest BCUT2D eigenvalue weighted by molar-refractivity contribution is 6.34. The maximum absolute atomic E-state index is 14.5. The van der Waals surface area contributed by atoms with E-state index in [1.165, 1.54) is 6.07 Å². The summed E-state index contributed by atoms with van der Waals surface area (Å²) in [4.78, 5) is 12.2. The first kappa shape index (κ1) is 21.7. The van der Waals surface area contributed by atoms with Crippen molar-refractivity contribution >= 4 is 17.6 Å². The number of hydrogen-bond donors (Lipinski definition) is 0. The molecule has 0 saturated heterocycles. The normalized spacial score (nSPS) is 11.5. The van der Waals surface area contributed by atoms with Crippen molar-refractivity contribution in [1.82, 2.24) is 0 Å². The van der Waals surface area contributed by atoms with E-state index in [1.807, 2.05) is 6.92 Å². The Bertz CT molecular complexity index is 1080. The van der Waals surface area contributed by atoms with Crippen LogP contribution in [0.2, 0.25) is 5.02 Å². The summed E-state index contributed by atoms with van der Waals surface area (Å²) in [5, 5.41) is -0.344. The minimum Gasteiger partial charge on any atom is -0.423 e. The number of carbonyl (C=O) groups is 1. The minimum absolute atomic E-state index is 0.177. The Morgan fingerprint density at radius 3 is 1.93 bits per heavy atom. The molecule has 0 unspecified atom stereocenters. The molecule has 3 aromatic carbocycles. The van der Waals surface area contributed by atoms with Crippen LogP contribution in [0.5, 0.6) is 5.75 Å². The minimum atomic E-state index is -5.28. The summed E-state index contributed by atoms with van der Waals surface area (Å²) in [6.07, 6.45) is -5.28. The highest BCUT2D eigenvalue weighted by atomic mass is 35.5. The molecule has 0 saturated carbocycles. The summed E-state index contributed by atoms with van der Waals surface area (Å²) in [6.45, 7) is 1.86. The maximum Gasteiger partial charge on any atom is 0.422 e. The van der Waals surface area contributed by atoms with Crippen LogP contribution in [0.15, 0.2) is 48.5 Å². The van der Waals surface area contributed by atoms with Crippen molar-refractivity contribution in [2.24, 2.45) is 0 Å². The number of rotatable bonds is 3. The summed E-state index contributed by atoms with van der Waals surface area (Å²) >= 11 is 5.99. The molecule has 0 aliphatic rings. The van der Waals surface area contributed by atoms with E-state index >= 15 is 0 Å². The van der Waals surface area contributed by atoms with Crippen molar-refractivity contribution in [2.45, 2.75) is 13.1 Å². The lowest BCUT2D eigenvalue weighted by Crippen LogP contribution is -2.15. The van der Waals surface area contributed by atoms with E-state index in [-0.39, 0.29) is 17.2 Å². The number of aryl methyl sites for hydroxylation is 1. The van der Waals surface area contributed by atoms with Crippen LogP contribution in [0.4, 0.5) is 26.3 Å². The van der Waals surface area contributed by atoms with Crippen molar-refractivity contribution < 1.29 is 35.9 Å². The highest BCUT2D eigenvalue weighted by Gasteiger charge is 2.38. The molecule has 0 heterocycles. The second-order valence-corrected chi connectivity index (χ2v) is 6.74. The standard InChI is InChI=1S/C21H11ClF6O2/c1-10-2-4-11(5-3-10)12-6-14(22)18(15(23)7-12)20(29)30-13-8-16(24)19(17(25)9-13)21(26,27)28/h2-9H,1H3. The Hall–Kier alpha value is -3.00. The predicted molar refractivity (Wildman–Crippen MR) is 97.9 cm³/mol. The van der Waals surface area contributed by atoms with Crippen LogP contribution in [0.25, 0.3) is 11.1 Å². The van der Waals surface area contributed by atoms with E-state index in [0.717, 1.165) is 11.6 Å². The molecule has 0 amide bonds. The van der Waals surface area contributed by atoms with Crippen molar-refractivity contribution in [3.8, 4) is 16.9 Å². The van der Waals surface area contributed by atoms with Gasteiger partial charge in [0.1, 0.15) is 34.3 Å². The second kappa shape index (κ2) is 8.02. The van der Waals surface area contributed by atoms with Gasteiger partial charge in [-0.15, -0.1) is 0 Å². The molecule has 0 radical (unpaired) electrons. The fourth-order valence-corrected chi connectivity index (χ4v) is 3.00. The van der Waals surface area contributed by atoms with E-state index in [2.05, 4.69) is 4.74 Å². The number of ether oxygens (including phenoxy) is 1. The van der Waals surface area contributed by atoms with Gasteiger partial charge in [-0.3, -0.25) is 0 Å². The Morgan fingerprint density at radius 2 is 1.43 bits per heavy atom. The molecule has 2 nitrogen and oxygen atoms in total. The van der Waals surface area contributed by atoms with Gasteiger partial charge in [0.25, 0.3) is 0 Å². The average Bonchev–Trinajstić information content (AvgIpc) is 2.59. The third-order valence-corrected chi connectivity index (χ3v) is 4.44. The van der Waals surface area contributed by atoms with Crippen molar-refractivity contribution in [1.29, 1.82) is 0 Å². The number of benzene rings is 3. The van der Waals surface area contributed by atoms with Crippen LogP contribution in [-0.2, 0) is 6.18 Å². The van der Waals surface area contributed by atoms with Gasteiger partial charge in [-0.05, 0) is 30.2 Å². The zero-order valence-corrected chi connectivity index (χ0v) is 15.8. The molecule has 0 bridgehead atoms. The molecule has 9 heteroatoms. The van der Waals surface area contributed by atoms with Gasteiger partial charge in [-0.2, -0.15) is 13.2 Å². The van der Waals surface area contributed by atoms with E-state index in [1.54, 1.807) is 24.3 Å². The SMILES string of the molecule is Cc1ccc(-c2cc(F)c(C(=O)Oc3cc(F)c(C(F)(F)F)c(F)c3)c(Cl)c2)cc1. The van der Waals surface area contributed by atoms with Gasteiger partial charge in [0.15, 0.2) is 0 Å². The van der Waals surface area contributed by atoms with E-state index in [4.69, 9.17) is 11.6 Å². The lowest BCUT2D eigenvalue weighted by atomic mass is 10.0. The monoisotopic (exact) mass is 444 g/mol. The predicted octanol–water partition coefficient (Wildman–Crippen LogP) is 6.97. The summed E-state index contributed by atoms with van der Waals surface area (Å²) in [7, 11) is 0. The van der Waals surface area contributed by atoms with Gasteiger partial charge in [0.05, 0.1) is 5.02 Å². The Balaban J connectivity index is 1.92. The van der Waals surface area contributed by atoms with Crippen LogP contribution in [0.1, 0.15) is 21.5 Å². The molecule has 0 aliphatic heterocycles. The molecule has 156 valence electrons. The Morgan fingerprint density at radius 1 is 0.867 bits per heavy atom. The van der Waals surface area contributed by atoms with E-state index < -0.39 is 46.5 Å². The fraction of sp³-hybridized carbons (Fsp3) is 0.0952. The quantitative estimate of drug-likeness (QED) is 0.248. The number of halogens is 7. The van der Waals surface area contributed by atoms with Crippen LogP contribution in [0.3, 0.4) is 0 Å². The van der Waals surface area contributed by atoms with Crippen LogP contribution in [-0.4, -0.2) is 5.97 Å². The molecule has 0 aromatic heterocycles. The van der Waals surface area contributed by atoms with Gasteiger partial charge >= 0.3 is 12.1 Å². The number of esters is 1. The highest BCUT2D eigenvalue weighted by Crippen LogP contribution is 2.36. The molecule has 3 rings (SSSR count). The van der Waals surface area contributed by atoms with E-state index in [9.17, 15) is 31.1 Å². The van der Waals surface area contributed by atoms with Gasteiger partial charge in [-0.1, -0.05) is 41.4 Å². The molecule has 0 spiro atoms. The average molecular weight is 445 g/mol. The lowest BCUT2D eigenvalue weighted by Gasteiger charge is -2.12. The first-order chi connectivity index (χ1) is 14.0. The van der Waals surface area contributed by atoms with Gasteiger partial charge in [-0.25, -0.2) is 18.0 Å². The molecule has 3 aromatic rings. The van der Waals surface area contributed by atoms with Crippen LogP contribution >= 0.6 is 11.6 Å². The molecule has 0 aliphatic carbocycles. The van der Waals surface area contributed by atoms with Crippen molar-refractivity contribution in [3.05, 3.63) is 87.7 Å². The Kier molecular flexibility index (Phi) is 5.81. The summed E-state index contributed by atoms with van der Waals surface area (Å²) in [5.74, 6) is -7.33. The zero-order valence-electron chi connectivity index (χ0n) is 15.1. The second-order valence-electron chi connectivity index (χ2n) is 6.33. The van der Waals surface area contributed by atoms with Gasteiger partial charge < -0.3 is 4.74 Å². The topological polar surface area (TPSA) is 26.3 Å². The number of alkyl halides is 3. The summed E-state index contributed by atoms with van der Waals surface area (Å²) < 4.78 is 84.3. The Labute approximate surface area is 171 Å². The van der Waals surface area contributed by atoms with E-state index in [0.29, 0.717) is 11.1 Å². The van der Waals surface area contributed by atoms with Gasteiger partial charge in [0.2, 0.25) is 0 Å². The first-order valence-corrected chi connectivity index (χ1v) is 8.69. The maximum atomic E-state index is 14.5. The van der Waals surface area contributed by atoms with Crippen LogP contribution in [0, 0.1) is 24.4 Å². The third-order valence-electron chi connectivity index (χ3n) is 4.14. The zero-order chi connectivity index (χ0) is 22.2. The summed E-state index contributed by atoms with van der Waals surface area (Å²) in [6, 6.07) is 9.67. The van der Waals surface area contributed by atoms with Gasteiger partial charge in [0, 0.05) is 12.1 Å². The molecular formula is C21H11ClF6O2. The largest absolute Gasteiger partial charge is 0.423 e. The third kappa shape index (κ3) is 4.43. The smallest absolute Gasteiger partial charge is 0.422 e. The van der Waals surface area contributed by atoms with Crippen molar-refractivity contribution in [3.63, 3.8) is 0 Å². The fourth-order valence-electron chi connectivity index (χ4n) is 2.72. The number of hydrogen-bond acceptors (Lipinski definition) is 2.